The summed E-state index contributed by atoms with van der Waals surface area (Å²) < 4.78 is 8.46. The first-order chi connectivity index (χ1) is 18.7. The summed E-state index contributed by atoms with van der Waals surface area (Å²) in [7, 11) is 0. The molecule has 0 unspecified atom stereocenters. The van der Waals surface area contributed by atoms with Crippen LogP contribution < -0.4 is 16.0 Å². The smallest absolute Gasteiger partial charge is 0.347 e. The van der Waals surface area contributed by atoms with E-state index in [1.165, 1.54) is 23.1 Å². The SMILES string of the molecule is CCCCCCCn1c(=O)c(Cc2ccccc2)nn(CCCCc2cccc(OC(C)(C)C(=O)O)c2)c1=O. The first-order valence-electron chi connectivity index (χ1n) is 14.0. The minimum atomic E-state index is -1.32. The Balaban J connectivity index is 1.69. The Bertz CT molecular complexity index is 1330. The molecule has 210 valence electrons. The second kappa shape index (κ2) is 14.5. The van der Waals surface area contributed by atoms with Gasteiger partial charge in [-0.15, -0.1) is 0 Å². The molecule has 8 heteroatoms. The maximum Gasteiger partial charge on any atom is 0.347 e. The van der Waals surface area contributed by atoms with Crippen LogP contribution in [0, 0.1) is 0 Å². The molecule has 0 aliphatic rings. The number of carboxylic acids is 1. The Labute approximate surface area is 230 Å². The number of aromatic nitrogens is 3. The summed E-state index contributed by atoms with van der Waals surface area (Å²) in [6.45, 7) is 6.02. The Morgan fingerprint density at radius 2 is 1.59 bits per heavy atom. The van der Waals surface area contributed by atoms with Gasteiger partial charge in [-0.1, -0.05) is 75.1 Å². The lowest BCUT2D eigenvalue weighted by Gasteiger charge is -2.21. The molecule has 1 aromatic heterocycles. The molecule has 1 heterocycles. The molecule has 2 aromatic carbocycles. The van der Waals surface area contributed by atoms with E-state index in [0.717, 1.165) is 56.1 Å². The van der Waals surface area contributed by atoms with Crippen molar-refractivity contribution < 1.29 is 14.6 Å². The largest absolute Gasteiger partial charge is 0.478 e. The third-order valence-electron chi connectivity index (χ3n) is 6.76. The Hall–Kier alpha value is -3.68. The van der Waals surface area contributed by atoms with Crippen molar-refractivity contribution in [2.75, 3.05) is 0 Å². The lowest BCUT2D eigenvalue weighted by atomic mass is 10.1. The highest BCUT2D eigenvalue weighted by atomic mass is 16.5. The van der Waals surface area contributed by atoms with E-state index in [0.29, 0.717) is 37.4 Å². The van der Waals surface area contributed by atoms with Crippen LogP contribution in [-0.4, -0.2) is 31.0 Å². The molecule has 0 amide bonds. The molecular formula is C31H41N3O5. The van der Waals surface area contributed by atoms with Gasteiger partial charge in [-0.3, -0.25) is 9.36 Å². The second-order valence-electron chi connectivity index (χ2n) is 10.5. The van der Waals surface area contributed by atoms with E-state index in [9.17, 15) is 19.5 Å². The molecule has 0 fully saturated rings. The molecule has 0 saturated heterocycles. The summed E-state index contributed by atoms with van der Waals surface area (Å²) in [6, 6.07) is 17.1. The second-order valence-corrected chi connectivity index (χ2v) is 10.5. The highest BCUT2D eigenvalue weighted by molar-refractivity contribution is 5.76. The van der Waals surface area contributed by atoms with Crippen LogP contribution in [0.1, 0.15) is 82.5 Å². The number of unbranched alkanes of at least 4 members (excludes halogenated alkanes) is 5. The topological polar surface area (TPSA) is 103 Å². The summed E-state index contributed by atoms with van der Waals surface area (Å²) >= 11 is 0. The average molecular weight is 536 g/mol. The van der Waals surface area contributed by atoms with Gasteiger partial charge in [0.2, 0.25) is 0 Å². The molecule has 0 bridgehead atoms. The predicted octanol–water partition coefficient (Wildman–Crippen LogP) is 5.23. The van der Waals surface area contributed by atoms with Crippen molar-refractivity contribution in [3.05, 3.63) is 92.3 Å². The third-order valence-corrected chi connectivity index (χ3v) is 6.76. The van der Waals surface area contributed by atoms with Gasteiger partial charge in [-0.25, -0.2) is 14.3 Å². The van der Waals surface area contributed by atoms with Crippen molar-refractivity contribution >= 4 is 5.97 Å². The number of aliphatic carboxylic acids is 1. The van der Waals surface area contributed by atoms with Crippen LogP contribution in [-0.2, 0) is 30.7 Å². The van der Waals surface area contributed by atoms with Gasteiger partial charge in [-0.05, 0) is 62.8 Å². The van der Waals surface area contributed by atoms with Gasteiger partial charge >= 0.3 is 11.7 Å². The molecule has 0 aliphatic carbocycles. The molecule has 0 radical (unpaired) electrons. The summed E-state index contributed by atoms with van der Waals surface area (Å²) in [5, 5.41) is 13.8. The van der Waals surface area contributed by atoms with Crippen LogP contribution in [0.2, 0.25) is 0 Å². The van der Waals surface area contributed by atoms with Gasteiger partial charge in [0.1, 0.15) is 11.4 Å². The van der Waals surface area contributed by atoms with E-state index < -0.39 is 11.6 Å². The number of carbonyl (C=O) groups is 1. The van der Waals surface area contributed by atoms with Crippen LogP contribution in [0.4, 0.5) is 0 Å². The maximum absolute atomic E-state index is 13.2. The number of ether oxygens (including phenoxy) is 1. The number of nitrogens with zero attached hydrogens (tertiary/aromatic N) is 3. The molecule has 0 saturated carbocycles. The summed E-state index contributed by atoms with van der Waals surface area (Å²) in [6.07, 6.45) is 7.80. The number of rotatable bonds is 16. The van der Waals surface area contributed by atoms with Gasteiger partial charge < -0.3 is 9.84 Å². The van der Waals surface area contributed by atoms with Crippen LogP contribution in [0.25, 0.3) is 0 Å². The first kappa shape index (κ1) is 29.9. The van der Waals surface area contributed by atoms with Gasteiger partial charge in [0.25, 0.3) is 5.56 Å². The van der Waals surface area contributed by atoms with Crippen molar-refractivity contribution in [3.63, 3.8) is 0 Å². The van der Waals surface area contributed by atoms with Gasteiger partial charge in [-0.2, -0.15) is 5.10 Å². The maximum atomic E-state index is 13.2. The molecular weight excluding hydrogens is 494 g/mol. The van der Waals surface area contributed by atoms with E-state index >= 15 is 0 Å². The van der Waals surface area contributed by atoms with Crippen LogP contribution in [0.5, 0.6) is 5.75 Å². The zero-order valence-corrected chi connectivity index (χ0v) is 23.4. The fraction of sp³-hybridized carbons (Fsp3) is 0.484. The summed E-state index contributed by atoms with van der Waals surface area (Å²) in [5.74, 6) is -0.519. The van der Waals surface area contributed by atoms with Gasteiger partial charge in [0.15, 0.2) is 5.60 Å². The highest BCUT2D eigenvalue weighted by Crippen LogP contribution is 2.21. The Kier molecular flexibility index (Phi) is 11.1. The molecule has 3 rings (SSSR count). The minimum absolute atomic E-state index is 0.295. The number of hydrogen-bond donors (Lipinski definition) is 1. The predicted molar refractivity (Wildman–Crippen MR) is 152 cm³/mol. The number of aryl methyl sites for hydroxylation is 2. The molecule has 8 nitrogen and oxygen atoms in total. The fourth-order valence-corrected chi connectivity index (χ4v) is 4.42. The van der Waals surface area contributed by atoms with Crippen molar-refractivity contribution in [2.24, 2.45) is 0 Å². The van der Waals surface area contributed by atoms with Crippen molar-refractivity contribution in [2.45, 2.75) is 97.2 Å². The zero-order chi connectivity index (χ0) is 28.3. The minimum Gasteiger partial charge on any atom is -0.478 e. The third kappa shape index (κ3) is 8.94. The van der Waals surface area contributed by atoms with E-state index in [1.54, 1.807) is 6.07 Å². The number of benzene rings is 2. The van der Waals surface area contributed by atoms with Crippen LogP contribution >= 0.6 is 0 Å². The number of carboxylic acid groups (broad SMARTS) is 1. The van der Waals surface area contributed by atoms with Crippen LogP contribution in [0.3, 0.4) is 0 Å². The van der Waals surface area contributed by atoms with E-state index in [2.05, 4.69) is 12.0 Å². The van der Waals surface area contributed by atoms with Crippen molar-refractivity contribution in [1.82, 2.24) is 14.3 Å². The molecule has 1 N–H and O–H groups in total. The molecule has 39 heavy (non-hydrogen) atoms. The fourth-order valence-electron chi connectivity index (χ4n) is 4.42. The number of hydrogen-bond acceptors (Lipinski definition) is 5. The van der Waals surface area contributed by atoms with E-state index in [4.69, 9.17) is 4.74 Å². The van der Waals surface area contributed by atoms with Gasteiger partial charge in [0, 0.05) is 19.5 Å². The summed E-state index contributed by atoms with van der Waals surface area (Å²) in [5.41, 5.74) is 0.434. The normalized spacial score (nSPS) is 11.5. The lowest BCUT2D eigenvalue weighted by molar-refractivity contribution is -0.152. The Morgan fingerprint density at radius 3 is 2.31 bits per heavy atom. The van der Waals surface area contributed by atoms with Crippen LogP contribution in [0.15, 0.2) is 64.2 Å². The average Bonchev–Trinajstić information content (AvgIpc) is 2.91. The monoisotopic (exact) mass is 535 g/mol. The Morgan fingerprint density at radius 1 is 0.897 bits per heavy atom. The zero-order valence-electron chi connectivity index (χ0n) is 23.4. The van der Waals surface area contributed by atoms with Gasteiger partial charge in [0.05, 0.1) is 0 Å². The van der Waals surface area contributed by atoms with Crippen molar-refractivity contribution in [3.8, 4) is 5.75 Å². The standard InChI is InChI=1S/C31H41N3O5/c1-4-5-6-7-12-20-33-28(35)27(23-25-15-9-8-10-16-25)32-34(30(33)38)21-13-11-17-24-18-14-19-26(22-24)39-31(2,3)29(36)37/h8-10,14-16,18-19,22H,4-7,11-13,17,20-21,23H2,1-3H3,(H,36,37). The molecule has 3 aromatic rings. The molecule has 0 atom stereocenters. The molecule has 0 spiro atoms. The quantitative estimate of drug-likeness (QED) is 0.252. The van der Waals surface area contributed by atoms with Crippen molar-refractivity contribution in [1.29, 1.82) is 0 Å². The summed E-state index contributed by atoms with van der Waals surface area (Å²) in [4.78, 5) is 37.8. The highest BCUT2D eigenvalue weighted by Gasteiger charge is 2.29. The van der Waals surface area contributed by atoms with E-state index in [1.807, 2.05) is 48.5 Å². The van der Waals surface area contributed by atoms with E-state index in [-0.39, 0.29) is 11.2 Å². The lowest BCUT2D eigenvalue weighted by Crippen LogP contribution is -2.43. The first-order valence-corrected chi connectivity index (χ1v) is 14.0. The molecule has 0 aliphatic heterocycles.